The Hall–Kier alpha value is -4.00. The Balaban J connectivity index is 0.000000711. The molecule has 190 valence electrons. The Morgan fingerprint density at radius 3 is 2.54 bits per heavy atom. The van der Waals surface area contributed by atoms with Crippen LogP contribution in [0.15, 0.2) is 77.5 Å². The third-order valence-corrected chi connectivity index (χ3v) is 4.34. The third kappa shape index (κ3) is 9.04. The van der Waals surface area contributed by atoms with Crippen LogP contribution in [0.4, 0.5) is 14.6 Å². The standard InChI is InChI=1S/C14H14F2N2O3.C9H12N4.H3N.H2/c15-14(16,21-11-6-2-1-3-7-11)13(20)18-12-8-4-5-10(9-19)17-12;1-12-9(13-11)8(10)7-5-3-2-4-6-7;;/h2,4-8,19H,1,3,9H2,(H,17,18,20);2-6,10H,11H2,1H3,(H,12,13);1H3;1H. The molecule has 0 aliphatic heterocycles. The molecule has 0 atom stereocenters. The first kappa shape index (κ1) is 29.0. The van der Waals surface area contributed by atoms with Gasteiger partial charge in [0.25, 0.3) is 0 Å². The van der Waals surface area contributed by atoms with Crippen LogP contribution in [-0.2, 0) is 16.1 Å². The lowest BCUT2D eigenvalue weighted by Crippen LogP contribution is -2.37. The highest BCUT2D eigenvalue weighted by Gasteiger charge is 2.42. The van der Waals surface area contributed by atoms with Crippen LogP contribution in [0.5, 0.6) is 0 Å². The number of amides is 1. The van der Waals surface area contributed by atoms with Crippen LogP contribution in [0.3, 0.4) is 0 Å². The fraction of sp³-hybridized carbons (Fsp3) is 0.217. The van der Waals surface area contributed by atoms with Crippen molar-refractivity contribution >= 4 is 23.3 Å². The van der Waals surface area contributed by atoms with E-state index in [-0.39, 0.29) is 31.5 Å². The number of aliphatic hydroxyl groups excluding tert-OH is 1. The lowest BCUT2D eigenvalue weighted by molar-refractivity contribution is -0.207. The summed E-state index contributed by atoms with van der Waals surface area (Å²) in [6.07, 6.45) is 1.91. The highest BCUT2D eigenvalue weighted by Crippen LogP contribution is 2.24. The molecule has 0 bridgehead atoms. The highest BCUT2D eigenvalue weighted by atomic mass is 19.3. The fourth-order valence-corrected chi connectivity index (χ4v) is 2.68. The maximum absolute atomic E-state index is 13.7. The van der Waals surface area contributed by atoms with Crippen LogP contribution in [0.1, 0.15) is 25.5 Å². The molecule has 0 saturated heterocycles. The number of amidine groups is 1. The number of rotatable bonds is 7. The van der Waals surface area contributed by atoms with E-state index >= 15 is 0 Å². The topological polar surface area (TPSA) is 181 Å². The number of alkyl halides is 2. The summed E-state index contributed by atoms with van der Waals surface area (Å²) < 4.78 is 31.8. The van der Waals surface area contributed by atoms with Gasteiger partial charge in [0.05, 0.1) is 12.3 Å². The molecule has 1 aromatic carbocycles. The van der Waals surface area contributed by atoms with Crippen molar-refractivity contribution in [1.82, 2.24) is 16.6 Å². The minimum atomic E-state index is -4.01. The molecular weight excluding hydrogens is 460 g/mol. The van der Waals surface area contributed by atoms with E-state index < -0.39 is 12.0 Å². The molecule has 0 spiro atoms. The van der Waals surface area contributed by atoms with Gasteiger partial charge in [-0.15, -0.1) is 0 Å². The van der Waals surface area contributed by atoms with Gasteiger partial charge in [-0.25, -0.2) is 10.8 Å². The number of halogens is 2. The number of aliphatic hydroxyl groups is 1. The van der Waals surface area contributed by atoms with Crippen molar-refractivity contribution in [2.75, 3.05) is 12.4 Å². The summed E-state index contributed by atoms with van der Waals surface area (Å²) in [5, 5.41) is 18.6. The number of carbonyl (C=O) groups is 1. The second-order valence-corrected chi connectivity index (χ2v) is 6.79. The van der Waals surface area contributed by atoms with Gasteiger partial charge < -0.3 is 26.7 Å². The quantitative estimate of drug-likeness (QED) is 0.149. The first-order valence-electron chi connectivity index (χ1n) is 10.2. The van der Waals surface area contributed by atoms with Crippen molar-refractivity contribution in [3.8, 4) is 0 Å². The number of nitrogens with one attached hydrogen (secondary N) is 3. The van der Waals surface area contributed by atoms with Crippen molar-refractivity contribution in [1.29, 1.82) is 5.41 Å². The van der Waals surface area contributed by atoms with E-state index in [0.717, 1.165) is 12.0 Å². The maximum atomic E-state index is 13.7. The van der Waals surface area contributed by atoms with Crippen LogP contribution in [0.2, 0.25) is 0 Å². The average Bonchev–Trinajstić information content (AvgIpc) is 2.86. The smallest absolute Gasteiger partial charge is 0.426 e. The first-order valence-corrected chi connectivity index (χ1v) is 10.2. The third-order valence-electron chi connectivity index (χ3n) is 4.34. The molecule has 1 amide bonds. The number of hydrogen-bond acceptors (Lipinski definition) is 8. The van der Waals surface area contributed by atoms with Gasteiger partial charge in [-0.05, 0) is 37.1 Å². The van der Waals surface area contributed by atoms with Crippen LogP contribution in [0.25, 0.3) is 0 Å². The molecule has 1 aliphatic rings. The summed E-state index contributed by atoms with van der Waals surface area (Å²) in [5.74, 6) is 3.84. The number of benzene rings is 1. The van der Waals surface area contributed by atoms with Gasteiger partial charge in [0.1, 0.15) is 17.3 Å². The Labute approximate surface area is 203 Å². The molecule has 1 aliphatic carbocycles. The Bertz CT molecular complexity index is 1080. The summed E-state index contributed by atoms with van der Waals surface area (Å²) >= 11 is 0. The molecule has 0 radical (unpaired) electrons. The molecule has 12 heteroatoms. The molecule has 10 nitrogen and oxygen atoms in total. The van der Waals surface area contributed by atoms with Gasteiger partial charge in [0, 0.05) is 14.0 Å². The maximum Gasteiger partial charge on any atom is 0.482 e. The van der Waals surface area contributed by atoms with Gasteiger partial charge in [-0.1, -0.05) is 42.5 Å². The number of nitrogens with two attached hydrogens (primary N) is 1. The summed E-state index contributed by atoms with van der Waals surface area (Å²) in [6, 6.07) is 13.6. The highest BCUT2D eigenvalue weighted by molar-refractivity contribution is 6.46. The first-order chi connectivity index (χ1) is 16.3. The number of hydrogen-bond donors (Lipinski definition) is 6. The van der Waals surface area contributed by atoms with Crippen LogP contribution in [-0.4, -0.2) is 40.7 Å². The van der Waals surface area contributed by atoms with Crippen molar-refractivity contribution in [3.63, 3.8) is 0 Å². The SMILES string of the molecule is CN=C(NN)C(=N)c1ccccc1.N.O=C(Nc1cccc(CO)n1)C(F)(F)OC1=CCCC=C1.[HH]. The number of anilines is 1. The van der Waals surface area contributed by atoms with Crippen molar-refractivity contribution in [3.05, 3.63) is 83.8 Å². The lowest BCUT2D eigenvalue weighted by Gasteiger charge is -2.18. The molecular formula is C23H31F2N7O3. The van der Waals surface area contributed by atoms with Crippen molar-refractivity contribution in [2.24, 2.45) is 10.8 Å². The molecule has 0 unspecified atom stereocenters. The molecule has 9 N–H and O–H groups in total. The minimum Gasteiger partial charge on any atom is -0.426 e. The average molecular weight is 492 g/mol. The molecule has 3 rings (SSSR count). The zero-order chi connectivity index (χ0) is 25.0. The van der Waals surface area contributed by atoms with E-state index in [0.29, 0.717) is 18.0 Å². The summed E-state index contributed by atoms with van der Waals surface area (Å²) in [6.45, 7) is -0.353. The van der Waals surface area contributed by atoms with Crippen LogP contribution >= 0.6 is 0 Å². The Morgan fingerprint density at radius 2 is 1.97 bits per heavy atom. The largest absolute Gasteiger partial charge is 0.482 e. The zero-order valence-electron chi connectivity index (χ0n) is 19.2. The summed E-state index contributed by atoms with van der Waals surface area (Å²) in [4.78, 5) is 19.2. The van der Waals surface area contributed by atoms with Gasteiger partial charge in [0.15, 0.2) is 5.84 Å². The monoisotopic (exact) mass is 491 g/mol. The summed E-state index contributed by atoms with van der Waals surface area (Å²) in [5.41, 5.74) is 3.72. The van der Waals surface area contributed by atoms with E-state index in [1.807, 2.05) is 35.6 Å². The number of nitrogens with zero attached hydrogens (tertiary/aromatic N) is 2. The second-order valence-electron chi connectivity index (χ2n) is 6.79. The molecule has 0 saturated carbocycles. The van der Waals surface area contributed by atoms with E-state index in [2.05, 4.69) is 20.1 Å². The van der Waals surface area contributed by atoms with Gasteiger partial charge in [0.2, 0.25) is 0 Å². The number of hydrazine groups is 1. The number of pyridine rings is 1. The molecule has 2 aromatic rings. The zero-order valence-corrected chi connectivity index (χ0v) is 19.2. The molecule has 35 heavy (non-hydrogen) atoms. The number of allylic oxidation sites excluding steroid dienone is 3. The van der Waals surface area contributed by atoms with Crippen LogP contribution < -0.4 is 22.7 Å². The lowest BCUT2D eigenvalue weighted by atomic mass is 10.1. The Kier molecular flexibility index (Phi) is 11.9. The van der Waals surface area contributed by atoms with E-state index in [1.165, 1.54) is 30.4 Å². The molecule has 1 heterocycles. The predicted molar refractivity (Wildman–Crippen MR) is 132 cm³/mol. The van der Waals surface area contributed by atoms with Gasteiger partial charge in [-0.3, -0.25) is 15.2 Å². The van der Waals surface area contributed by atoms with Crippen molar-refractivity contribution < 1.29 is 24.8 Å². The van der Waals surface area contributed by atoms with E-state index in [4.69, 9.17) is 16.4 Å². The van der Waals surface area contributed by atoms with Gasteiger partial charge >= 0.3 is 12.0 Å². The minimum absolute atomic E-state index is 0. The molecule has 1 aromatic heterocycles. The number of aliphatic imine (C=N–C) groups is 1. The normalized spacial score (nSPS) is 12.8. The van der Waals surface area contributed by atoms with Crippen molar-refractivity contribution in [2.45, 2.75) is 25.6 Å². The number of aromatic nitrogens is 1. The summed E-state index contributed by atoms with van der Waals surface area (Å²) in [7, 11) is 1.59. The van der Waals surface area contributed by atoms with Crippen LogP contribution in [0, 0.1) is 5.41 Å². The predicted octanol–water partition coefficient (Wildman–Crippen LogP) is 3.31. The van der Waals surface area contributed by atoms with E-state index in [9.17, 15) is 13.6 Å². The number of carbonyl (C=O) groups excluding carboxylic acids is 1. The fourth-order valence-electron chi connectivity index (χ4n) is 2.68. The second kappa shape index (κ2) is 14.3. The van der Waals surface area contributed by atoms with Gasteiger partial charge in [-0.2, -0.15) is 8.78 Å². The number of ether oxygens (including phenoxy) is 1. The molecule has 0 fully saturated rings. The Morgan fingerprint density at radius 1 is 1.26 bits per heavy atom. The van der Waals surface area contributed by atoms with E-state index in [1.54, 1.807) is 13.1 Å².